The summed E-state index contributed by atoms with van der Waals surface area (Å²) in [6.07, 6.45) is 1.78. The van der Waals surface area contributed by atoms with Gasteiger partial charge in [0.1, 0.15) is 18.9 Å². The lowest BCUT2D eigenvalue weighted by atomic mass is 10.1. The van der Waals surface area contributed by atoms with E-state index in [0.29, 0.717) is 0 Å². The molecule has 0 unspecified atom stereocenters. The van der Waals surface area contributed by atoms with E-state index in [-0.39, 0.29) is 19.6 Å². The van der Waals surface area contributed by atoms with Crippen LogP contribution in [0.2, 0.25) is 0 Å². The van der Waals surface area contributed by atoms with Gasteiger partial charge in [-0.05, 0) is 12.5 Å². The molecule has 1 N–H and O–H groups in total. The van der Waals surface area contributed by atoms with Gasteiger partial charge in [-0.15, -0.1) is 0 Å². The van der Waals surface area contributed by atoms with E-state index in [1.165, 1.54) is 6.08 Å². The van der Waals surface area contributed by atoms with Gasteiger partial charge >= 0.3 is 11.7 Å². The number of rotatable bonds is 7. The maximum atomic E-state index is 13.6. The Bertz CT molecular complexity index is 984. The highest BCUT2D eigenvalue weighted by Gasteiger charge is 2.38. The van der Waals surface area contributed by atoms with Crippen LogP contribution in [-0.2, 0) is 25.6 Å². The maximum Gasteiger partial charge on any atom is 0.330 e. The molecule has 2 heterocycles. The maximum absolute atomic E-state index is 13.6. The number of carbonyl (C=O) groups is 1. The average Bonchev–Trinajstić information content (AvgIpc) is 3.11. The molecule has 1 aliphatic heterocycles. The fourth-order valence-corrected chi connectivity index (χ4v) is 3.00. The van der Waals surface area contributed by atoms with E-state index in [1.807, 2.05) is 35.3 Å². The minimum atomic E-state index is -1.10. The largest absolute Gasteiger partial charge is 0.460 e. The number of H-pyrrole nitrogens is 1. The molecule has 0 radical (unpaired) electrons. The van der Waals surface area contributed by atoms with Crippen LogP contribution in [0.25, 0.3) is 0 Å². The van der Waals surface area contributed by atoms with Crippen LogP contribution in [0.1, 0.15) is 25.1 Å². The summed E-state index contributed by atoms with van der Waals surface area (Å²) in [6, 6.07) is 9.45. The number of halogens is 1. The molecule has 1 aromatic carbocycles. The van der Waals surface area contributed by atoms with Gasteiger partial charge in [0.25, 0.3) is 5.56 Å². The predicted molar refractivity (Wildman–Crippen MR) is 101 cm³/mol. The van der Waals surface area contributed by atoms with Gasteiger partial charge < -0.3 is 14.2 Å². The van der Waals surface area contributed by atoms with E-state index in [9.17, 15) is 18.8 Å². The summed E-state index contributed by atoms with van der Waals surface area (Å²) in [6.45, 7) is 1.88. The lowest BCUT2D eigenvalue weighted by molar-refractivity contribution is -0.145. The fraction of sp³-hybridized carbons (Fsp3) is 0.350. The Morgan fingerprint density at radius 2 is 2.10 bits per heavy atom. The molecule has 1 fully saturated rings. The standard InChI is InChI=1S/C20H21FN2O6/c1-2-6-18(24)28-12-16-15(27-11-13-7-4-3-5-8-13)9-17(29-16)23-10-14(21)19(25)22-20(23)26/h2-8,10,15-17H,9,11-12H2,1H3,(H,22,25,26)/b6-2+/t15-,16+,17+/m0/s1. The molecular weight excluding hydrogens is 383 g/mol. The zero-order valence-corrected chi connectivity index (χ0v) is 15.7. The summed E-state index contributed by atoms with van der Waals surface area (Å²) in [4.78, 5) is 36.8. The predicted octanol–water partition coefficient (Wildman–Crippen LogP) is 1.67. The first-order valence-electron chi connectivity index (χ1n) is 9.09. The number of hydrogen-bond acceptors (Lipinski definition) is 6. The van der Waals surface area contributed by atoms with Crippen LogP contribution >= 0.6 is 0 Å². The molecule has 154 valence electrons. The molecule has 0 aliphatic carbocycles. The second-order valence-electron chi connectivity index (χ2n) is 6.47. The van der Waals surface area contributed by atoms with Crippen molar-refractivity contribution in [3.05, 3.63) is 80.9 Å². The van der Waals surface area contributed by atoms with Gasteiger partial charge in [-0.2, -0.15) is 4.39 Å². The number of benzene rings is 1. The Labute approximate surface area is 165 Å². The third-order valence-corrected chi connectivity index (χ3v) is 4.41. The Kier molecular flexibility index (Phi) is 6.73. The van der Waals surface area contributed by atoms with Crippen LogP contribution in [-0.4, -0.2) is 34.3 Å². The van der Waals surface area contributed by atoms with E-state index >= 15 is 0 Å². The van der Waals surface area contributed by atoms with Crippen LogP contribution in [0.5, 0.6) is 0 Å². The van der Waals surface area contributed by atoms with Crippen molar-refractivity contribution < 1.29 is 23.4 Å². The number of allylic oxidation sites excluding steroid dienone is 1. The van der Waals surface area contributed by atoms with Gasteiger partial charge in [0, 0.05) is 12.5 Å². The van der Waals surface area contributed by atoms with Crippen LogP contribution in [0, 0.1) is 5.82 Å². The molecular formula is C20H21FN2O6. The SMILES string of the molecule is C/C=C/C(=O)OC[C@H]1O[C@@H](n2cc(F)c(=O)[nH]c2=O)C[C@@H]1OCc1ccccc1. The quantitative estimate of drug-likeness (QED) is 0.557. The summed E-state index contributed by atoms with van der Waals surface area (Å²) in [7, 11) is 0. The zero-order chi connectivity index (χ0) is 20.8. The molecule has 0 spiro atoms. The normalized spacial score (nSPS) is 21.5. The monoisotopic (exact) mass is 404 g/mol. The first-order valence-corrected chi connectivity index (χ1v) is 9.09. The molecule has 0 saturated carbocycles. The number of nitrogens with one attached hydrogen (secondary N) is 1. The van der Waals surface area contributed by atoms with Crippen molar-refractivity contribution in [3.63, 3.8) is 0 Å². The second kappa shape index (κ2) is 9.44. The highest BCUT2D eigenvalue weighted by molar-refractivity contribution is 5.81. The number of esters is 1. The van der Waals surface area contributed by atoms with Crippen LogP contribution in [0.15, 0.2) is 58.3 Å². The van der Waals surface area contributed by atoms with Crippen molar-refractivity contribution in [3.8, 4) is 0 Å². The van der Waals surface area contributed by atoms with Crippen molar-refractivity contribution in [2.24, 2.45) is 0 Å². The summed E-state index contributed by atoms with van der Waals surface area (Å²) in [5, 5.41) is 0. The van der Waals surface area contributed by atoms with E-state index in [1.54, 1.807) is 13.0 Å². The molecule has 3 rings (SSSR count). The first kappa shape index (κ1) is 20.7. The minimum absolute atomic E-state index is 0.0975. The van der Waals surface area contributed by atoms with Gasteiger partial charge in [-0.1, -0.05) is 36.4 Å². The van der Waals surface area contributed by atoms with Gasteiger partial charge in [0.2, 0.25) is 5.82 Å². The minimum Gasteiger partial charge on any atom is -0.460 e. The molecule has 0 bridgehead atoms. The molecule has 8 nitrogen and oxygen atoms in total. The summed E-state index contributed by atoms with van der Waals surface area (Å²) < 4.78 is 31.5. The molecule has 1 saturated heterocycles. The summed E-state index contributed by atoms with van der Waals surface area (Å²) >= 11 is 0. The Balaban J connectivity index is 1.75. The number of carbonyl (C=O) groups excluding carboxylic acids is 1. The molecule has 3 atom stereocenters. The lowest BCUT2D eigenvalue weighted by Crippen LogP contribution is -2.34. The van der Waals surface area contributed by atoms with Crippen LogP contribution in [0.4, 0.5) is 4.39 Å². The summed E-state index contributed by atoms with van der Waals surface area (Å²) in [5.41, 5.74) is -0.958. The van der Waals surface area contributed by atoms with Crippen LogP contribution < -0.4 is 11.2 Å². The topological polar surface area (TPSA) is 99.6 Å². The van der Waals surface area contributed by atoms with Crippen molar-refractivity contribution >= 4 is 5.97 Å². The van der Waals surface area contributed by atoms with E-state index in [0.717, 1.165) is 16.3 Å². The molecule has 1 aromatic heterocycles. The molecule has 29 heavy (non-hydrogen) atoms. The van der Waals surface area contributed by atoms with E-state index < -0.39 is 41.5 Å². The smallest absolute Gasteiger partial charge is 0.330 e. The Hall–Kier alpha value is -3.04. The van der Waals surface area contributed by atoms with Crippen molar-refractivity contribution in [2.45, 2.75) is 38.4 Å². The summed E-state index contributed by atoms with van der Waals surface area (Å²) in [5.74, 6) is -1.63. The molecule has 9 heteroatoms. The highest BCUT2D eigenvalue weighted by atomic mass is 19.1. The van der Waals surface area contributed by atoms with Gasteiger partial charge in [-0.25, -0.2) is 9.59 Å². The zero-order valence-electron chi connectivity index (χ0n) is 15.7. The molecule has 2 aromatic rings. The van der Waals surface area contributed by atoms with Gasteiger partial charge in [0.05, 0.1) is 18.9 Å². The van der Waals surface area contributed by atoms with E-state index in [4.69, 9.17) is 14.2 Å². The highest BCUT2D eigenvalue weighted by Crippen LogP contribution is 2.30. The third kappa shape index (κ3) is 5.27. The lowest BCUT2D eigenvalue weighted by Gasteiger charge is -2.18. The van der Waals surface area contributed by atoms with E-state index in [2.05, 4.69) is 0 Å². The Morgan fingerprint density at radius 3 is 2.83 bits per heavy atom. The van der Waals surface area contributed by atoms with Crippen molar-refractivity contribution in [1.82, 2.24) is 9.55 Å². The molecule has 1 aliphatic rings. The number of hydrogen-bond donors (Lipinski definition) is 1. The molecule has 0 amide bonds. The Morgan fingerprint density at radius 1 is 1.34 bits per heavy atom. The average molecular weight is 404 g/mol. The fourth-order valence-electron chi connectivity index (χ4n) is 3.00. The van der Waals surface area contributed by atoms with Crippen molar-refractivity contribution in [1.29, 1.82) is 0 Å². The third-order valence-electron chi connectivity index (χ3n) is 4.41. The number of aromatic amines is 1. The number of ether oxygens (including phenoxy) is 3. The van der Waals surface area contributed by atoms with Crippen molar-refractivity contribution in [2.75, 3.05) is 6.61 Å². The van der Waals surface area contributed by atoms with Gasteiger partial charge in [0.15, 0.2) is 0 Å². The second-order valence-corrected chi connectivity index (χ2v) is 6.47. The van der Waals surface area contributed by atoms with Gasteiger partial charge in [-0.3, -0.25) is 14.3 Å². The van der Waals surface area contributed by atoms with Crippen LogP contribution in [0.3, 0.4) is 0 Å². The number of aromatic nitrogens is 2. The first-order chi connectivity index (χ1) is 14.0. The number of nitrogens with zero attached hydrogens (tertiary/aromatic N) is 1.